The molecule has 2 aliphatic rings. The molecular weight excluding hydrogens is 528 g/mol. The highest BCUT2D eigenvalue weighted by Gasteiger charge is 2.49. The third-order valence-electron chi connectivity index (χ3n) is 9.96. The van der Waals surface area contributed by atoms with Crippen molar-refractivity contribution in [1.29, 1.82) is 0 Å². The van der Waals surface area contributed by atoms with E-state index in [1.165, 1.54) is 37.5 Å². The van der Waals surface area contributed by atoms with E-state index in [0.717, 1.165) is 42.0 Å². The number of hydrogen-bond acceptors (Lipinski definition) is 4. The predicted octanol–water partition coefficient (Wildman–Crippen LogP) is 8.02. The molecule has 0 spiro atoms. The van der Waals surface area contributed by atoms with Crippen LogP contribution in [0.25, 0.3) is 0 Å². The Morgan fingerprint density at radius 3 is 2.19 bits per heavy atom. The molecule has 4 heteroatoms. The summed E-state index contributed by atoms with van der Waals surface area (Å²) in [4.78, 5) is 20.8. The minimum atomic E-state index is -0.166. The molecule has 1 saturated heterocycles. The van der Waals surface area contributed by atoms with Crippen molar-refractivity contribution < 1.29 is 9.53 Å². The number of benzene rings is 4. The highest BCUT2D eigenvalue weighted by molar-refractivity contribution is 6.13. The lowest BCUT2D eigenvalue weighted by Gasteiger charge is -2.56. The van der Waals surface area contributed by atoms with Crippen molar-refractivity contribution in [2.45, 2.75) is 50.5 Å². The molecule has 4 atom stereocenters. The van der Waals surface area contributed by atoms with Gasteiger partial charge < -0.3 is 4.74 Å². The molecule has 2 bridgehead atoms. The Balaban J connectivity index is 1.27. The van der Waals surface area contributed by atoms with Crippen molar-refractivity contribution in [3.63, 3.8) is 0 Å². The average molecular weight is 571 g/mol. The number of hydrogen-bond donors (Lipinski definition) is 0. The Hall–Kier alpha value is -4.02. The van der Waals surface area contributed by atoms with Gasteiger partial charge in [-0.1, -0.05) is 116 Å². The Morgan fingerprint density at radius 2 is 1.53 bits per heavy atom. The topological polar surface area (TPSA) is 41.9 Å². The Morgan fingerprint density at radius 1 is 0.884 bits per heavy atom. The first kappa shape index (κ1) is 29.1. The summed E-state index contributed by atoms with van der Waals surface area (Å²) in [5.41, 5.74) is 6.93. The van der Waals surface area contributed by atoms with Gasteiger partial charge in [0.15, 0.2) is 0 Å². The van der Waals surface area contributed by atoms with Gasteiger partial charge >= 0.3 is 5.97 Å². The number of nitrogens with zero attached hydrogens (tertiary/aromatic N) is 2. The summed E-state index contributed by atoms with van der Waals surface area (Å²) in [5.74, 6) is 0.204. The van der Waals surface area contributed by atoms with Crippen LogP contribution in [0, 0.1) is 11.8 Å². The summed E-state index contributed by atoms with van der Waals surface area (Å²) in [6.45, 7) is 4.17. The van der Waals surface area contributed by atoms with Gasteiger partial charge in [-0.15, -0.1) is 0 Å². The molecule has 220 valence electrons. The zero-order valence-electron chi connectivity index (χ0n) is 25.4. The third-order valence-corrected chi connectivity index (χ3v) is 9.96. The van der Waals surface area contributed by atoms with Crippen LogP contribution in [0.15, 0.2) is 120 Å². The van der Waals surface area contributed by atoms with Crippen molar-refractivity contribution in [3.8, 4) is 0 Å². The second-order valence-electron chi connectivity index (χ2n) is 12.3. The molecule has 0 radical (unpaired) electrons. The van der Waals surface area contributed by atoms with E-state index in [1.54, 1.807) is 0 Å². The van der Waals surface area contributed by atoms with E-state index >= 15 is 0 Å². The highest BCUT2D eigenvalue weighted by Crippen LogP contribution is 2.51. The molecule has 3 unspecified atom stereocenters. The van der Waals surface area contributed by atoms with E-state index in [0.29, 0.717) is 18.4 Å². The van der Waals surface area contributed by atoms with Gasteiger partial charge in [0.2, 0.25) is 0 Å². The molecule has 0 aromatic heterocycles. The van der Waals surface area contributed by atoms with Crippen LogP contribution in [0.5, 0.6) is 0 Å². The van der Waals surface area contributed by atoms with Gasteiger partial charge in [0, 0.05) is 29.1 Å². The fourth-order valence-electron chi connectivity index (χ4n) is 7.68. The molecule has 4 aromatic carbocycles. The van der Waals surface area contributed by atoms with E-state index in [1.807, 2.05) is 30.3 Å². The van der Waals surface area contributed by atoms with Crippen molar-refractivity contribution in [1.82, 2.24) is 4.90 Å². The van der Waals surface area contributed by atoms with Gasteiger partial charge in [0.25, 0.3) is 0 Å². The van der Waals surface area contributed by atoms with E-state index in [9.17, 15) is 4.79 Å². The third kappa shape index (κ3) is 6.21. The predicted molar refractivity (Wildman–Crippen MR) is 175 cm³/mol. The minimum absolute atomic E-state index is 0.109. The van der Waals surface area contributed by atoms with E-state index < -0.39 is 0 Å². The smallest absolute Gasteiger partial charge is 0.310 e. The first-order valence-electron chi connectivity index (χ1n) is 15.7. The summed E-state index contributed by atoms with van der Waals surface area (Å²) in [6.07, 6.45) is 5.36. The second kappa shape index (κ2) is 13.1. The molecule has 1 aliphatic heterocycles. The number of piperidine rings is 1. The summed E-state index contributed by atoms with van der Waals surface area (Å²) in [5, 5.41) is 0. The molecule has 43 heavy (non-hydrogen) atoms. The fourth-order valence-corrected chi connectivity index (χ4v) is 7.68. The van der Waals surface area contributed by atoms with Crippen molar-refractivity contribution in [3.05, 3.63) is 138 Å². The SMILES string of the molecule is COC(=O)C(Cc1ccccc1)CN1CCC2(c3cccc(N=C(c4ccccc4)c4ccccc4)c3)CCC[C@@H]1C2C. The van der Waals surface area contributed by atoms with Gasteiger partial charge in [0.05, 0.1) is 24.4 Å². The van der Waals surface area contributed by atoms with Crippen LogP contribution in [-0.4, -0.2) is 42.8 Å². The van der Waals surface area contributed by atoms with Gasteiger partial charge in [-0.2, -0.15) is 0 Å². The molecule has 0 amide bonds. The number of aliphatic imine (C=N–C) groups is 1. The van der Waals surface area contributed by atoms with E-state index in [4.69, 9.17) is 9.73 Å². The summed E-state index contributed by atoms with van der Waals surface area (Å²) in [7, 11) is 1.52. The largest absolute Gasteiger partial charge is 0.469 e. The number of esters is 1. The Bertz CT molecular complexity index is 1490. The molecular formula is C39H42N2O2. The van der Waals surface area contributed by atoms with E-state index in [2.05, 4.69) is 96.8 Å². The molecule has 4 aromatic rings. The lowest BCUT2D eigenvalue weighted by atomic mass is 9.57. The first-order chi connectivity index (χ1) is 21.1. The van der Waals surface area contributed by atoms with Crippen LogP contribution in [0.4, 0.5) is 5.69 Å². The van der Waals surface area contributed by atoms with Crippen LogP contribution in [0.2, 0.25) is 0 Å². The van der Waals surface area contributed by atoms with Crippen LogP contribution in [0.1, 0.15) is 54.9 Å². The van der Waals surface area contributed by atoms with Crippen molar-refractivity contribution >= 4 is 17.4 Å². The molecule has 6 rings (SSSR count). The number of fused-ring (bicyclic) bond motifs is 2. The zero-order valence-corrected chi connectivity index (χ0v) is 25.4. The molecule has 4 nitrogen and oxygen atoms in total. The molecule has 1 aliphatic carbocycles. The average Bonchev–Trinajstić information content (AvgIpc) is 3.06. The molecule has 1 saturated carbocycles. The fraction of sp³-hybridized carbons (Fsp3) is 0.333. The lowest BCUT2D eigenvalue weighted by Crippen LogP contribution is -2.58. The van der Waals surface area contributed by atoms with Crippen LogP contribution in [0.3, 0.4) is 0 Å². The summed E-state index contributed by atoms with van der Waals surface area (Å²) >= 11 is 0. The number of ether oxygens (including phenoxy) is 1. The van der Waals surface area contributed by atoms with Gasteiger partial charge in [-0.25, -0.2) is 4.99 Å². The quantitative estimate of drug-likeness (QED) is 0.151. The van der Waals surface area contributed by atoms with Crippen LogP contribution < -0.4 is 0 Å². The van der Waals surface area contributed by atoms with Gasteiger partial charge in [0.1, 0.15) is 0 Å². The molecule has 0 N–H and O–H groups in total. The molecule has 2 fully saturated rings. The second-order valence-corrected chi connectivity index (χ2v) is 12.3. The van der Waals surface area contributed by atoms with Gasteiger partial charge in [-0.05, 0) is 61.4 Å². The normalized spacial score (nSPS) is 22.4. The summed E-state index contributed by atoms with van der Waals surface area (Å²) in [6, 6.07) is 40.7. The van der Waals surface area contributed by atoms with Crippen molar-refractivity contribution in [2.75, 3.05) is 20.2 Å². The van der Waals surface area contributed by atoms with Crippen molar-refractivity contribution in [2.24, 2.45) is 16.8 Å². The maximum absolute atomic E-state index is 12.9. The number of carbonyl (C=O) groups excluding carboxylic acids is 1. The molecule has 1 heterocycles. The number of rotatable bonds is 9. The van der Waals surface area contributed by atoms with Crippen LogP contribution >= 0.6 is 0 Å². The van der Waals surface area contributed by atoms with Crippen LogP contribution in [-0.2, 0) is 21.4 Å². The standard InChI is InChI=1S/C39H42N2O2/c1-29-36-22-13-23-39(29,24-25-41(36)28-33(38(42)43-2)26-30-14-6-3-7-15-30)34-20-12-21-35(27-34)40-37(31-16-8-4-9-17-31)32-18-10-5-11-19-32/h3-12,14-21,27,29,33,36H,13,22-26,28H2,1-2H3/t29?,33?,36-,39?/m1/s1. The number of likely N-dealkylation sites (tertiary alicyclic amines) is 1. The minimum Gasteiger partial charge on any atom is -0.469 e. The Kier molecular flexibility index (Phi) is 8.85. The maximum atomic E-state index is 12.9. The maximum Gasteiger partial charge on any atom is 0.310 e. The van der Waals surface area contributed by atoms with Gasteiger partial charge in [-0.3, -0.25) is 9.69 Å². The monoisotopic (exact) mass is 570 g/mol. The summed E-state index contributed by atoms with van der Waals surface area (Å²) < 4.78 is 5.28. The number of methoxy groups -OCH3 is 1. The van der Waals surface area contributed by atoms with E-state index in [-0.39, 0.29) is 17.3 Å². The zero-order chi connectivity index (χ0) is 29.6. The number of carbonyl (C=O) groups is 1. The lowest BCUT2D eigenvalue weighted by molar-refractivity contribution is -0.147. The Labute approximate surface area is 256 Å². The first-order valence-corrected chi connectivity index (χ1v) is 15.7. The highest BCUT2D eigenvalue weighted by atomic mass is 16.5.